The van der Waals surface area contributed by atoms with Gasteiger partial charge in [-0.3, -0.25) is 0 Å². The Kier molecular flexibility index (Phi) is 2.19. The summed E-state index contributed by atoms with van der Waals surface area (Å²) < 4.78 is 18.7. The first-order valence-electron chi connectivity index (χ1n) is 3.77. The van der Waals surface area contributed by atoms with E-state index in [1.165, 1.54) is 6.07 Å². The van der Waals surface area contributed by atoms with Gasteiger partial charge in [-0.15, -0.1) is 0 Å². The second-order valence-corrected chi connectivity index (χ2v) is 3.37. The third-order valence-electron chi connectivity index (χ3n) is 1.74. The maximum atomic E-state index is 13.1. The highest BCUT2D eigenvalue weighted by atomic mass is 79.9. The molecule has 66 valence electrons. The van der Waals surface area contributed by atoms with Crippen molar-refractivity contribution in [1.82, 2.24) is 0 Å². The van der Waals surface area contributed by atoms with Crippen LogP contribution in [0.3, 0.4) is 0 Å². The van der Waals surface area contributed by atoms with E-state index >= 15 is 0 Å². The van der Waals surface area contributed by atoms with Crippen LogP contribution in [0.15, 0.2) is 45.5 Å². The SMILES string of the molecule is Fc1cccc(-c2ccco2)c1Br. The maximum absolute atomic E-state index is 13.1. The van der Waals surface area contributed by atoms with Crippen LogP contribution in [0.4, 0.5) is 4.39 Å². The fraction of sp³-hybridized carbons (Fsp3) is 0. The van der Waals surface area contributed by atoms with Crippen LogP contribution in [0.2, 0.25) is 0 Å². The van der Waals surface area contributed by atoms with Gasteiger partial charge in [-0.1, -0.05) is 6.07 Å². The van der Waals surface area contributed by atoms with E-state index in [2.05, 4.69) is 15.9 Å². The molecule has 0 saturated heterocycles. The van der Waals surface area contributed by atoms with E-state index in [0.29, 0.717) is 10.2 Å². The Balaban J connectivity index is 2.59. The van der Waals surface area contributed by atoms with Gasteiger partial charge in [0.1, 0.15) is 11.6 Å². The van der Waals surface area contributed by atoms with E-state index in [0.717, 1.165) is 5.56 Å². The molecule has 1 heterocycles. The smallest absolute Gasteiger partial charge is 0.138 e. The zero-order valence-corrected chi connectivity index (χ0v) is 8.21. The first-order chi connectivity index (χ1) is 6.29. The number of hydrogen-bond acceptors (Lipinski definition) is 1. The fourth-order valence-corrected chi connectivity index (χ4v) is 1.59. The molecule has 0 aliphatic rings. The van der Waals surface area contributed by atoms with Crippen molar-refractivity contribution in [3.63, 3.8) is 0 Å². The van der Waals surface area contributed by atoms with E-state index in [1.807, 2.05) is 0 Å². The minimum Gasteiger partial charge on any atom is -0.464 e. The zero-order valence-electron chi connectivity index (χ0n) is 6.63. The molecule has 0 atom stereocenters. The number of hydrogen-bond donors (Lipinski definition) is 0. The summed E-state index contributed by atoms with van der Waals surface area (Å²) in [6, 6.07) is 8.41. The van der Waals surface area contributed by atoms with Gasteiger partial charge in [-0.25, -0.2) is 4.39 Å². The highest BCUT2D eigenvalue weighted by Crippen LogP contribution is 2.30. The van der Waals surface area contributed by atoms with Gasteiger partial charge in [0.2, 0.25) is 0 Å². The molecule has 0 spiro atoms. The van der Waals surface area contributed by atoms with Crippen molar-refractivity contribution in [2.24, 2.45) is 0 Å². The van der Waals surface area contributed by atoms with E-state index in [1.54, 1.807) is 30.5 Å². The predicted octanol–water partition coefficient (Wildman–Crippen LogP) is 3.85. The third-order valence-corrected chi connectivity index (χ3v) is 2.54. The summed E-state index contributed by atoms with van der Waals surface area (Å²) in [7, 11) is 0. The van der Waals surface area contributed by atoms with Gasteiger partial charge in [0, 0.05) is 5.56 Å². The molecule has 2 rings (SSSR count). The van der Waals surface area contributed by atoms with Crippen LogP contribution in [0, 0.1) is 5.82 Å². The van der Waals surface area contributed by atoms with Crippen molar-refractivity contribution in [2.75, 3.05) is 0 Å². The molecule has 0 saturated carbocycles. The third kappa shape index (κ3) is 1.52. The molecular formula is C10H6BrFO. The van der Waals surface area contributed by atoms with Crippen molar-refractivity contribution in [1.29, 1.82) is 0 Å². The Labute approximate surface area is 83.3 Å². The number of rotatable bonds is 1. The Hall–Kier alpha value is -1.09. The molecule has 0 aliphatic carbocycles. The first-order valence-corrected chi connectivity index (χ1v) is 4.56. The molecule has 2 aromatic rings. The average molecular weight is 241 g/mol. The number of furan rings is 1. The minimum atomic E-state index is -0.283. The molecule has 1 aromatic heterocycles. The van der Waals surface area contributed by atoms with E-state index in [9.17, 15) is 4.39 Å². The van der Waals surface area contributed by atoms with Gasteiger partial charge in [0.25, 0.3) is 0 Å². The molecule has 0 unspecified atom stereocenters. The second-order valence-electron chi connectivity index (χ2n) is 2.58. The van der Waals surface area contributed by atoms with Crippen LogP contribution in [-0.4, -0.2) is 0 Å². The molecule has 0 fully saturated rings. The van der Waals surface area contributed by atoms with Crippen molar-refractivity contribution in [2.45, 2.75) is 0 Å². The summed E-state index contributed by atoms with van der Waals surface area (Å²) in [6.45, 7) is 0. The lowest BCUT2D eigenvalue weighted by Gasteiger charge is -2.00. The predicted molar refractivity (Wildman–Crippen MR) is 51.8 cm³/mol. The molecule has 0 bridgehead atoms. The van der Waals surface area contributed by atoms with Crippen LogP contribution < -0.4 is 0 Å². The van der Waals surface area contributed by atoms with Crippen molar-refractivity contribution in [3.8, 4) is 11.3 Å². The molecule has 3 heteroatoms. The highest BCUT2D eigenvalue weighted by molar-refractivity contribution is 9.10. The first kappa shape index (κ1) is 8.51. The Morgan fingerprint density at radius 3 is 2.69 bits per heavy atom. The van der Waals surface area contributed by atoms with E-state index in [4.69, 9.17) is 4.42 Å². The van der Waals surface area contributed by atoms with Crippen LogP contribution >= 0.6 is 15.9 Å². The standard InChI is InChI=1S/C10H6BrFO/c11-10-7(3-1-4-8(10)12)9-5-2-6-13-9/h1-6H. The van der Waals surface area contributed by atoms with Gasteiger partial charge in [-0.2, -0.15) is 0 Å². The lowest BCUT2D eigenvalue weighted by Crippen LogP contribution is -1.81. The topological polar surface area (TPSA) is 13.1 Å². The molecular weight excluding hydrogens is 235 g/mol. The van der Waals surface area contributed by atoms with Crippen molar-refractivity contribution in [3.05, 3.63) is 46.9 Å². The Morgan fingerprint density at radius 2 is 2.00 bits per heavy atom. The summed E-state index contributed by atoms with van der Waals surface area (Å²) in [5.41, 5.74) is 0.727. The molecule has 1 aromatic carbocycles. The molecule has 0 amide bonds. The monoisotopic (exact) mass is 240 g/mol. The summed E-state index contributed by atoms with van der Waals surface area (Å²) in [4.78, 5) is 0. The molecule has 0 N–H and O–H groups in total. The summed E-state index contributed by atoms with van der Waals surface area (Å²) in [6.07, 6.45) is 1.56. The largest absolute Gasteiger partial charge is 0.464 e. The lowest BCUT2D eigenvalue weighted by atomic mass is 10.2. The highest BCUT2D eigenvalue weighted by Gasteiger charge is 2.08. The summed E-state index contributed by atoms with van der Waals surface area (Å²) in [5, 5.41) is 0. The maximum Gasteiger partial charge on any atom is 0.138 e. The lowest BCUT2D eigenvalue weighted by molar-refractivity contribution is 0.578. The normalized spacial score (nSPS) is 10.3. The molecule has 1 nitrogen and oxygen atoms in total. The molecule has 0 aliphatic heterocycles. The fourth-order valence-electron chi connectivity index (χ4n) is 1.13. The molecule has 13 heavy (non-hydrogen) atoms. The van der Waals surface area contributed by atoms with Gasteiger partial charge in [0.05, 0.1) is 10.7 Å². The molecule has 0 radical (unpaired) electrons. The average Bonchev–Trinajstić information content (AvgIpc) is 2.62. The quantitative estimate of drug-likeness (QED) is 0.739. The minimum absolute atomic E-state index is 0.283. The van der Waals surface area contributed by atoms with E-state index < -0.39 is 0 Å². The van der Waals surface area contributed by atoms with Crippen LogP contribution in [0.25, 0.3) is 11.3 Å². The number of benzene rings is 1. The second kappa shape index (κ2) is 3.34. The summed E-state index contributed by atoms with van der Waals surface area (Å²) in [5.74, 6) is 0.375. The van der Waals surface area contributed by atoms with Gasteiger partial charge < -0.3 is 4.42 Å². The Bertz CT molecular complexity index is 409. The van der Waals surface area contributed by atoms with Crippen molar-refractivity contribution >= 4 is 15.9 Å². The van der Waals surface area contributed by atoms with Gasteiger partial charge in [0.15, 0.2) is 0 Å². The van der Waals surface area contributed by atoms with Crippen LogP contribution in [0.1, 0.15) is 0 Å². The summed E-state index contributed by atoms with van der Waals surface area (Å²) >= 11 is 3.17. The zero-order chi connectivity index (χ0) is 9.26. The van der Waals surface area contributed by atoms with Crippen LogP contribution in [-0.2, 0) is 0 Å². The van der Waals surface area contributed by atoms with Gasteiger partial charge >= 0.3 is 0 Å². The van der Waals surface area contributed by atoms with Gasteiger partial charge in [-0.05, 0) is 40.2 Å². The number of halogens is 2. The Morgan fingerprint density at radius 1 is 1.15 bits per heavy atom. The van der Waals surface area contributed by atoms with Crippen molar-refractivity contribution < 1.29 is 8.81 Å². The van der Waals surface area contributed by atoms with E-state index in [-0.39, 0.29) is 5.82 Å². The van der Waals surface area contributed by atoms with Crippen LogP contribution in [0.5, 0.6) is 0 Å².